The molecular formula is C11H14N2O3S. The molecule has 5 nitrogen and oxygen atoms in total. The fraction of sp³-hybridized carbons (Fsp3) is 0.636. The third-order valence-corrected chi connectivity index (χ3v) is 4.04. The van der Waals surface area contributed by atoms with E-state index in [0.29, 0.717) is 13.2 Å². The number of morpholine rings is 1. The summed E-state index contributed by atoms with van der Waals surface area (Å²) in [5.74, 6) is -0.0928. The van der Waals surface area contributed by atoms with Crippen LogP contribution in [0.3, 0.4) is 0 Å². The number of thiazole rings is 1. The molecule has 1 aromatic heterocycles. The van der Waals surface area contributed by atoms with Gasteiger partial charge < -0.3 is 9.47 Å². The Labute approximate surface area is 103 Å². The van der Waals surface area contributed by atoms with Gasteiger partial charge in [-0.25, -0.2) is 4.98 Å². The van der Waals surface area contributed by atoms with Crippen LogP contribution in [-0.4, -0.2) is 48.2 Å². The van der Waals surface area contributed by atoms with Crippen molar-refractivity contribution in [1.29, 1.82) is 0 Å². The van der Waals surface area contributed by atoms with Gasteiger partial charge in [0.15, 0.2) is 0 Å². The largest absolute Gasteiger partial charge is 0.464 e. The average molecular weight is 254 g/mol. The summed E-state index contributed by atoms with van der Waals surface area (Å²) in [6, 6.07) is -0.0821. The van der Waals surface area contributed by atoms with Crippen molar-refractivity contribution in [2.75, 3.05) is 26.3 Å². The van der Waals surface area contributed by atoms with Gasteiger partial charge in [0.2, 0.25) is 0 Å². The van der Waals surface area contributed by atoms with Crippen LogP contribution in [0.25, 0.3) is 0 Å². The number of nitrogens with zero attached hydrogens (tertiary/aromatic N) is 2. The van der Waals surface area contributed by atoms with Crippen molar-refractivity contribution in [2.45, 2.75) is 18.6 Å². The number of ether oxygens (including phenoxy) is 2. The van der Waals surface area contributed by atoms with E-state index in [0.717, 1.165) is 24.5 Å². The highest BCUT2D eigenvalue weighted by atomic mass is 32.1. The minimum Gasteiger partial charge on any atom is -0.464 e. The van der Waals surface area contributed by atoms with E-state index in [4.69, 9.17) is 9.47 Å². The van der Waals surface area contributed by atoms with Gasteiger partial charge in [0.25, 0.3) is 0 Å². The van der Waals surface area contributed by atoms with Crippen LogP contribution in [0, 0.1) is 0 Å². The summed E-state index contributed by atoms with van der Waals surface area (Å²) in [5, 5.41) is 2.93. The van der Waals surface area contributed by atoms with Crippen molar-refractivity contribution in [1.82, 2.24) is 9.88 Å². The van der Waals surface area contributed by atoms with Crippen LogP contribution in [0.2, 0.25) is 0 Å². The van der Waals surface area contributed by atoms with Crippen molar-refractivity contribution in [3.63, 3.8) is 0 Å². The smallest absolute Gasteiger partial charge is 0.323 e. The van der Waals surface area contributed by atoms with E-state index in [2.05, 4.69) is 9.88 Å². The van der Waals surface area contributed by atoms with E-state index < -0.39 is 0 Å². The Morgan fingerprint density at radius 3 is 3.12 bits per heavy atom. The summed E-state index contributed by atoms with van der Waals surface area (Å²) in [6.07, 6.45) is 2.58. The third-order valence-electron chi connectivity index (χ3n) is 3.17. The molecule has 3 heterocycles. The van der Waals surface area contributed by atoms with Gasteiger partial charge in [0.05, 0.1) is 13.2 Å². The van der Waals surface area contributed by atoms with Gasteiger partial charge in [-0.05, 0) is 0 Å². The van der Waals surface area contributed by atoms with Crippen molar-refractivity contribution >= 4 is 17.3 Å². The van der Waals surface area contributed by atoms with Gasteiger partial charge in [0, 0.05) is 31.1 Å². The second-order valence-electron chi connectivity index (χ2n) is 4.20. The van der Waals surface area contributed by atoms with Gasteiger partial charge in [-0.1, -0.05) is 0 Å². The van der Waals surface area contributed by atoms with Gasteiger partial charge in [-0.3, -0.25) is 9.69 Å². The highest BCUT2D eigenvalue weighted by Crippen LogP contribution is 2.26. The molecule has 2 aliphatic rings. The summed E-state index contributed by atoms with van der Waals surface area (Å²) in [6.45, 7) is 2.71. The first-order chi connectivity index (χ1) is 8.34. The monoisotopic (exact) mass is 254 g/mol. The molecule has 92 valence electrons. The summed E-state index contributed by atoms with van der Waals surface area (Å²) in [7, 11) is 0. The van der Waals surface area contributed by atoms with Gasteiger partial charge in [-0.2, -0.15) is 0 Å². The molecule has 3 rings (SSSR count). The minimum atomic E-state index is -0.0928. The average Bonchev–Trinajstić information content (AvgIpc) is 2.99. The van der Waals surface area contributed by atoms with E-state index in [9.17, 15) is 4.79 Å². The Bertz CT molecular complexity index is 395. The lowest BCUT2D eigenvalue weighted by atomic mass is 10.1. The van der Waals surface area contributed by atoms with Crippen LogP contribution in [0.1, 0.15) is 17.5 Å². The second-order valence-corrected chi connectivity index (χ2v) is 5.12. The number of esters is 1. The SMILES string of the molecule is O=C1OCC[C@H]1N1CCO[C@H](c2nccs2)C1. The predicted octanol–water partition coefficient (Wildman–Crippen LogP) is 0.832. The highest BCUT2D eigenvalue weighted by molar-refractivity contribution is 7.09. The molecule has 0 unspecified atom stereocenters. The van der Waals surface area contributed by atoms with Crippen LogP contribution in [-0.2, 0) is 14.3 Å². The number of carbonyl (C=O) groups is 1. The molecule has 1 aromatic rings. The van der Waals surface area contributed by atoms with Gasteiger partial charge >= 0.3 is 5.97 Å². The summed E-state index contributed by atoms with van der Waals surface area (Å²) < 4.78 is 10.7. The molecule has 0 amide bonds. The van der Waals surface area contributed by atoms with E-state index in [1.807, 2.05) is 5.38 Å². The van der Waals surface area contributed by atoms with Gasteiger partial charge in [-0.15, -0.1) is 11.3 Å². The maximum absolute atomic E-state index is 11.5. The lowest BCUT2D eigenvalue weighted by Crippen LogP contribution is -2.46. The maximum atomic E-state index is 11.5. The minimum absolute atomic E-state index is 0.00264. The molecule has 0 radical (unpaired) electrons. The number of cyclic esters (lactones) is 1. The summed E-state index contributed by atoms with van der Waals surface area (Å²) in [5.41, 5.74) is 0. The topological polar surface area (TPSA) is 51.7 Å². The molecule has 0 N–H and O–H groups in total. The maximum Gasteiger partial charge on any atom is 0.323 e. The molecule has 2 aliphatic heterocycles. The zero-order valence-electron chi connectivity index (χ0n) is 9.37. The fourth-order valence-corrected chi connectivity index (χ4v) is 2.99. The van der Waals surface area contributed by atoms with E-state index in [1.165, 1.54) is 0 Å². The van der Waals surface area contributed by atoms with E-state index in [1.54, 1.807) is 17.5 Å². The Morgan fingerprint density at radius 2 is 2.41 bits per heavy atom. The molecule has 2 fully saturated rings. The van der Waals surface area contributed by atoms with Crippen LogP contribution >= 0.6 is 11.3 Å². The normalized spacial score (nSPS) is 30.5. The third kappa shape index (κ3) is 2.20. The zero-order valence-corrected chi connectivity index (χ0v) is 10.2. The van der Waals surface area contributed by atoms with Crippen LogP contribution in [0.4, 0.5) is 0 Å². The standard InChI is InChI=1S/C11H14N2O3S/c14-11-8(1-4-16-11)13-3-5-15-9(7-13)10-12-2-6-17-10/h2,6,8-9H,1,3-5,7H2/t8-,9+/m1/s1. The van der Waals surface area contributed by atoms with Crippen molar-refractivity contribution < 1.29 is 14.3 Å². The van der Waals surface area contributed by atoms with E-state index >= 15 is 0 Å². The van der Waals surface area contributed by atoms with Crippen LogP contribution in [0.15, 0.2) is 11.6 Å². The summed E-state index contributed by atoms with van der Waals surface area (Å²) in [4.78, 5) is 18.0. The Kier molecular flexibility index (Phi) is 3.09. The molecular weight excluding hydrogens is 240 g/mol. The molecule has 0 aromatic carbocycles. The van der Waals surface area contributed by atoms with Crippen LogP contribution < -0.4 is 0 Å². The van der Waals surface area contributed by atoms with Crippen molar-refractivity contribution in [3.8, 4) is 0 Å². The first kappa shape index (κ1) is 11.1. The first-order valence-electron chi connectivity index (χ1n) is 5.76. The Morgan fingerprint density at radius 1 is 1.47 bits per heavy atom. The number of hydrogen-bond donors (Lipinski definition) is 0. The Balaban J connectivity index is 1.69. The Hall–Kier alpha value is -0.980. The number of rotatable bonds is 2. The second kappa shape index (κ2) is 4.72. The molecule has 0 bridgehead atoms. The zero-order chi connectivity index (χ0) is 11.7. The lowest BCUT2D eigenvalue weighted by Gasteiger charge is -2.34. The van der Waals surface area contributed by atoms with Crippen molar-refractivity contribution in [2.24, 2.45) is 0 Å². The molecule has 6 heteroatoms. The molecule has 0 aliphatic carbocycles. The first-order valence-corrected chi connectivity index (χ1v) is 6.64. The highest BCUT2D eigenvalue weighted by Gasteiger charge is 2.36. The molecule has 0 spiro atoms. The summed E-state index contributed by atoms with van der Waals surface area (Å²) >= 11 is 1.60. The predicted molar refractivity (Wildman–Crippen MR) is 61.7 cm³/mol. The molecule has 0 saturated carbocycles. The van der Waals surface area contributed by atoms with Crippen molar-refractivity contribution in [3.05, 3.63) is 16.6 Å². The molecule has 2 saturated heterocycles. The molecule has 17 heavy (non-hydrogen) atoms. The quantitative estimate of drug-likeness (QED) is 0.732. The van der Waals surface area contributed by atoms with Gasteiger partial charge in [0.1, 0.15) is 17.2 Å². The fourth-order valence-electron chi connectivity index (χ4n) is 2.31. The van der Waals surface area contributed by atoms with E-state index in [-0.39, 0.29) is 18.1 Å². The number of aromatic nitrogens is 1. The van der Waals surface area contributed by atoms with Crippen LogP contribution in [0.5, 0.6) is 0 Å². The molecule has 2 atom stereocenters. The number of hydrogen-bond acceptors (Lipinski definition) is 6. The number of carbonyl (C=O) groups excluding carboxylic acids is 1. The lowest BCUT2D eigenvalue weighted by molar-refractivity contribution is -0.144.